The van der Waals surface area contributed by atoms with Crippen LogP contribution in [0.25, 0.3) is 0 Å². The number of rotatable bonds is 6. The van der Waals surface area contributed by atoms with E-state index in [1.165, 1.54) is 18.2 Å². The van der Waals surface area contributed by atoms with Crippen molar-refractivity contribution in [3.05, 3.63) is 111 Å². The molecule has 1 unspecified atom stereocenters. The average molecular weight is 381 g/mol. The van der Waals surface area contributed by atoms with Crippen molar-refractivity contribution in [2.75, 3.05) is 0 Å². The molecule has 5 nitrogen and oxygen atoms in total. The lowest BCUT2D eigenvalue weighted by atomic mass is 9.98. The van der Waals surface area contributed by atoms with Gasteiger partial charge in [0.1, 0.15) is 5.56 Å². The van der Waals surface area contributed by atoms with E-state index in [0.29, 0.717) is 6.42 Å². The minimum atomic E-state index is -0.602. The van der Waals surface area contributed by atoms with Crippen LogP contribution >= 0.6 is 11.6 Å². The second-order valence-electron chi connectivity index (χ2n) is 6.05. The van der Waals surface area contributed by atoms with Crippen LogP contribution in [0.3, 0.4) is 0 Å². The first-order valence-corrected chi connectivity index (χ1v) is 8.76. The number of benzene rings is 3. The van der Waals surface area contributed by atoms with Crippen molar-refractivity contribution in [3.8, 4) is 0 Å². The Morgan fingerprint density at radius 3 is 2.26 bits per heavy atom. The molecule has 0 aliphatic rings. The topological polar surface area (TPSA) is 72.2 Å². The molecule has 6 heteroatoms. The Hall–Kier alpha value is -3.18. The van der Waals surface area contributed by atoms with Crippen molar-refractivity contribution in [1.82, 2.24) is 5.32 Å². The van der Waals surface area contributed by atoms with Gasteiger partial charge < -0.3 is 5.32 Å². The summed E-state index contributed by atoms with van der Waals surface area (Å²) in [7, 11) is 0. The predicted octanol–water partition coefficient (Wildman–Crippen LogP) is 4.96. The normalized spacial score (nSPS) is 11.6. The van der Waals surface area contributed by atoms with Gasteiger partial charge in [0.15, 0.2) is 0 Å². The summed E-state index contributed by atoms with van der Waals surface area (Å²) in [5.41, 5.74) is 1.65. The van der Waals surface area contributed by atoms with E-state index in [9.17, 15) is 14.9 Å². The first-order valence-electron chi connectivity index (χ1n) is 8.38. The fourth-order valence-corrected chi connectivity index (χ4v) is 3.04. The van der Waals surface area contributed by atoms with Gasteiger partial charge in [-0.15, -0.1) is 0 Å². The fourth-order valence-electron chi connectivity index (χ4n) is 2.87. The zero-order valence-corrected chi connectivity index (χ0v) is 15.1. The van der Waals surface area contributed by atoms with E-state index in [1.807, 2.05) is 60.7 Å². The maximum Gasteiger partial charge on any atom is 0.283 e. The lowest BCUT2D eigenvalue weighted by Crippen LogP contribution is -2.30. The number of nitro benzene ring substituents is 1. The second kappa shape index (κ2) is 8.47. The van der Waals surface area contributed by atoms with Gasteiger partial charge in [0, 0.05) is 11.1 Å². The standard InChI is InChI=1S/C21H17ClN2O3/c22-17-11-12-18(20(14-17)24(26)27)21(25)23-19(16-9-5-2-6-10-16)13-15-7-3-1-4-8-15/h1-12,14,19H,13H2,(H,23,25). The predicted molar refractivity (Wildman–Crippen MR) is 105 cm³/mol. The molecule has 0 heterocycles. The highest BCUT2D eigenvalue weighted by molar-refractivity contribution is 6.31. The summed E-state index contributed by atoms with van der Waals surface area (Å²) in [6.45, 7) is 0. The van der Waals surface area contributed by atoms with Crippen molar-refractivity contribution < 1.29 is 9.72 Å². The Kier molecular flexibility index (Phi) is 5.84. The Morgan fingerprint density at radius 1 is 1.00 bits per heavy atom. The van der Waals surface area contributed by atoms with E-state index >= 15 is 0 Å². The number of halogens is 1. The Bertz CT molecular complexity index is 946. The van der Waals surface area contributed by atoms with Crippen LogP contribution in [0.1, 0.15) is 27.5 Å². The first-order chi connectivity index (χ1) is 13.0. The summed E-state index contributed by atoms with van der Waals surface area (Å²) in [6, 6.07) is 23.0. The van der Waals surface area contributed by atoms with Gasteiger partial charge in [-0.1, -0.05) is 72.3 Å². The molecule has 1 atom stereocenters. The van der Waals surface area contributed by atoms with Gasteiger partial charge >= 0.3 is 0 Å². The van der Waals surface area contributed by atoms with E-state index < -0.39 is 10.8 Å². The summed E-state index contributed by atoms with van der Waals surface area (Å²) >= 11 is 5.84. The Labute approximate surface area is 161 Å². The van der Waals surface area contributed by atoms with Gasteiger partial charge in [0.2, 0.25) is 0 Å². The van der Waals surface area contributed by atoms with E-state index in [-0.39, 0.29) is 22.3 Å². The van der Waals surface area contributed by atoms with E-state index in [1.54, 1.807) is 0 Å². The SMILES string of the molecule is O=C(NC(Cc1ccccc1)c1ccccc1)c1ccc(Cl)cc1[N+](=O)[O-]. The molecule has 0 fully saturated rings. The Balaban J connectivity index is 1.90. The van der Waals surface area contributed by atoms with Gasteiger partial charge in [0.05, 0.1) is 11.0 Å². The first kappa shape index (κ1) is 18.6. The van der Waals surface area contributed by atoms with Crippen LogP contribution in [0.5, 0.6) is 0 Å². The molecule has 27 heavy (non-hydrogen) atoms. The minimum absolute atomic E-state index is 0.0154. The maximum absolute atomic E-state index is 12.8. The van der Waals surface area contributed by atoms with Crippen LogP contribution < -0.4 is 5.32 Å². The molecular formula is C21H17ClN2O3. The quantitative estimate of drug-likeness (QED) is 0.485. The summed E-state index contributed by atoms with van der Waals surface area (Å²) in [5, 5.41) is 14.4. The molecule has 0 bridgehead atoms. The lowest BCUT2D eigenvalue weighted by Gasteiger charge is -2.19. The highest BCUT2D eigenvalue weighted by Gasteiger charge is 2.23. The van der Waals surface area contributed by atoms with E-state index in [4.69, 9.17) is 11.6 Å². The van der Waals surface area contributed by atoms with Gasteiger partial charge in [-0.25, -0.2) is 0 Å². The number of nitrogens with one attached hydrogen (secondary N) is 1. The number of amides is 1. The second-order valence-corrected chi connectivity index (χ2v) is 6.48. The largest absolute Gasteiger partial charge is 0.345 e. The van der Waals surface area contributed by atoms with Crippen molar-refractivity contribution in [1.29, 1.82) is 0 Å². The summed E-state index contributed by atoms with van der Waals surface area (Å²) in [6.07, 6.45) is 0.567. The van der Waals surface area contributed by atoms with E-state index in [0.717, 1.165) is 11.1 Å². The minimum Gasteiger partial charge on any atom is -0.345 e. The molecule has 0 spiro atoms. The average Bonchev–Trinajstić information content (AvgIpc) is 2.68. The van der Waals surface area contributed by atoms with Crippen molar-refractivity contribution in [2.24, 2.45) is 0 Å². The fraction of sp³-hybridized carbons (Fsp3) is 0.0952. The van der Waals surface area contributed by atoms with Crippen molar-refractivity contribution in [2.45, 2.75) is 12.5 Å². The zero-order chi connectivity index (χ0) is 19.2. The molecule has 1 N–H and O–H groups in total. The molecule has 3 aromatic rings. The van der Waals surface area contributed by atoms with Gasteiger partial charge in [0.25, 0.3) is 11.6 Å². The van der Waals surface area contributed by atoms with Crippen LogP contribution in [0.4, 0.5) is 5.69 Å². The van der Waals surface area contributed by atoms with Crippen LogP contribution in [-0.4, -0.2) is 10.8 Å². The third-order valence-electron chi connectivity index (χ3n) is 4.19. The summed E-state index contributed by atoms with van der Waals surface area (Å²) in [4.78, 5) is 23.5. The monoisotopic (exact) mass is 380 g/mol. The summed E-state index contributed by atoms with van der Waals surface area (Å²) in [5.74, 6) is -0.511. The molecular weight excluding hydrogens is 364 g/mol. The highest BCUT2D eigenvalue weighted by Crippen LogP contribution is 2.25. The molecule has 0 aliphatic carbocycles. The van der Waals surface area contributed by atoms with Crippen molar-refractivity contribution >= 4 is 23.2 Å². The van der Waals surface area contributed by atoms with Crippen LogP contribution in [0.2, 0.25) is 5.02 Å². The van der Waals surface area contributed by atoms with Gasteiger partial charge in [-0.2, -0.15) is 0 Å². The molecule has 0 saturated carbocycles. The van der Waals surface area contributed by atoms with Crippen LogP contribution in [0.15, 0.2) is 78.9 Å². The number of carbonyl (C=O) groups excluding carboxylic acids is 1. The van der Waals surface area contributed by atoms with Crippen LogP contribution in [0, 0.1) is 10.1 Å². The van der Waals surface area contributed by atoms with E-state index in [2.05, 4.69) is 5.32 Å². The highest BCUT2D eigenvalue weighted by atomic mass is 35.5. The number of nitro groups is 1. The lowest BCUT2D eigenvalue weighted by molar-refractivity contribution is -0.385. The number of nitrogens with zero attached hydrogens (tertiary/aromatic N) is 1. The van der Waals surface area contributed by atoms with Gasteiger partial charge in [-0.3, -0.25) is 14.9 Å². The smallest absolute Gasteiger partial charge is 0.283 e. The molecule has 1 amide bonds. The zero-order valence-electron chi connectivity index (χ0n) is 14.3. The third-order valence-corrected chi connectivity index (χ3v) is 4.43. The maximum atomic E-state index is 12.8. The molecule has 0 aromatic heterocycles. The number of carbonyl (C=O) groups is 1. The molecule has 0 radical (unpaired) electrons. The molecule has 3 rings (SSSR count). The molecule has 0 aliphatic heterocycles. The molecule has 136 valence electrons. The number of hydrogen-bond acceptors (Lipinski definition) is 3. The Morgan fingerprint density at radius 2 is 1.63 bits per heavy atom. The van der Waals surface area contributed by atoms with Crippen molar-refractivity contribution in [3.63, 3.8) is 0 Å². The number of hydrogen-bond donors (Lipinski definition) is 1. The third kappa shape index (κ3) is 4.71. The summed E-state index contributed by atoms with van der Waals surface area (Å²) < 4.78 is 0. The molecule has 3 aromatic carbocycles. The molecule has 0 saturated heterocycles. The van der Waals surface area contributed by atoms with Gasteiger partial charge in [-0.05, 0) is 29.7 Å². The van der Waals surface area contributed by atoms with Crippen LogP contribution in [-0.2, 0) is 6.42 Å².